The summed E-state index contributed by atoms with van der Waals surface area (Å²) in [7, 11) is 0. The Balaban J connectivity index is 1.85. The Hall–Kier alpha value is -1.39. The van der Waals surface area contributed by atoms with Gasteiger partial charge < -0.3 is 0 Å². The highest BCUT2D eigenvalue weighted by Gasteiger charge is 2.15. The molecule has 0 amide bonds. The number of nitro benzene ring substituents is 1. The smallest absolute Gasteiger partial charge is 0.258 e. The molecule has 0 spiro atoms. The van der Waals surface area contributed by atoms with E-state index in [2.05, 4.69) is 11.4 Å². The predicted molar refractivity (Wildman–Crippen MR) is 83.7 cm³/mol. The highest BCUT2D eigenvalue weighted by molar-refractivity contribution is 7.09. The van der Waals surface area contributed by atoms with Crippen LogP contribution in [0.25, 0.3) is 0 Å². The molecule has 1 unspecified atom stereocenters. The SMILES string of the molecule is O=[N+]([O-])c1ccccc1CC(Cl)CCCc1cccs1. The van der Waals surface area contributed by atoms with Crippen molar-refractivity contribution in [2.45, 2.75) is 31.1 Å². The van der Waals surface area contributed by atoms with Gasteiger partial charge in [-0.3, -0.25) is 10.1 Å². The topological polar surface area (TPSA) is 43.1 Å². The average molecular weight is 310 g/mol. The van der Waals surface area contributed by atoms with Gasteiger partial charge >= 0.3 is 0 Å². The fourth-order valence-electron chi connectivity index (χ4n) is 2.15. The zero-order valence-corrected chi connectivity index (χ0v) is 12.6. The lowest BCUT2D eigenvalue weighted by molar-refractivity contribution is -0.385. The Morgan fingerprint density at radius 2 is 2.05 bits per heavy atom. The molecule has 5 heteroatoms. The molecule has 2 rings (SSSR count). The van der Waals surface area contributed by atoms with Crippen molar-refractivity contribution in [2.24, 2.45) is 0 Å². The Bertz CT molecular complexity index is 557. The molecule has 1 heterocycles. The molecule has 1 atom stereocenters. The second kappa shape index (κ2) is 7.41. The molecule has 0 aliphatic carbocycles. The Morgan fingerprint density at radius 3 is 2.75 bits per heavy atom. The third kappa shape index (κ3) is 4.32. The van der Waals surface area contributed by atoms with Crippen molar-refractivity contribution in [3.8, 4) is 0 Å². The zero-order chi connectivity index (χ0) is 14.4. The number of benzene rings is 1. The maximum atomic E-state index is 10.9. The maximum absolute atomic E-state index is 10.9. The van der Waals surface area contributed by atoms with Crippen LogP contribution in [-0.2, 0) is 12.8 Å². The van der Waals surface area contributed by atoms with Crippen LogP contribution in [0.3, 0.4) is 0 Å². The van der Waals surface area contributed by atoms with Crippen molar-refractivity contribution >= 4 is 28.6 Å². The van der Waals surface area contributed by atoms with Crippen molar-refractivity contribution in [2.75, 3.05) is 0 Å². The number of hydrogen-bond donors (Lipinski definition) is 0. The van der Waals surface area contributed by atoms with E-state index in [1.165, 1.54) is 10.9 Å². The van der Waals surface area contributed by atoms with E-state index >= 15 is 0 Å². The quantitative estimate of drug-likeness (QED) is 0.418. The Labute approximate surface area is 127 Å². The van der Waals surface area contributed by atoms with Gasteiger partial charge in [0.05, 0.1) is 4.92 Å². The molecule has 0 N–H and O–H groups in total. The molecule has 106 valence electrons. The van der Waals surface area contributed by atoms with Crippen molar-refractivity contribution in [3.63, 3.8) is 0 Å². The number of nitrogens with zero attached hydrogens (tertiary/aromatic N) is 1. The van der Waals surface area contributed by atoms with Gasteiger partial charge in [0.1, 0.15) is 0 Å². The van der Waals surface area contributed by atoms with Gasteiger partial charge in [-0.05, 0) is 37.1 Å². The van der Waals surface area contributed by atoms with Crippen LogP contribution in [0.15, 0.2) is 41.8 Å². The predicted octanol–water partition coefficient (Wildman–Crippen LogP) is 4.83. The van der Waals surface area contributed by atoms with Crippen LogP contribution >= 0.6 is 22.9 Å². The summed E-state index contributed by atoms with van der Waals surface area (Å²) in [5, 5.41) is 12.9. The summed E-state index contributed by atoms with van der Waals surface area (Å²) < 4.78 is 0. The van der Waals surface area contributed by atoms with E-state index in [-0.39, 0.29) is 16.0 Å². The summed E-state index contributed by atoms with van der Waals surface area (Å²) in [6, 6.07) is 11.0. The Morgan fingerprint density at radius 1 is 1.25 bits per heavy atom. The number of thiophene rings is 1. The van der Waals surface area contributed by atoms with E-state index in [9.17, 15) is 10.1 Å². The number of nitro groups is 1. The largest absolute Gasteiger partial charge is 0.272 e. The summed E-state index contributed by atoms with van der Waals surface area (Å²) >= 11 is 8.07. The average Bonchev–Trinajstić information content (AvgIpc) is 2.92. The van der Waals surface area contributed by atoms with Gasteiger partial charge in [-0.15, -0.1) is 22.9 Å². The van der Waals surface area contributed by atoms with Gasteiger partial charge in [0.2, 0.25) is 0 Å². The molecule has 20 heavy (non-hydrogen) atoms. The molecule has 3 nitrogen and oxygen atoms in total. The molecule has 0 aliphatic heterocycles. The van der Waals surface area contributed by atoms with E-state index in [1.807, 2.05) is 12.1 Å². The highest BCUT2D eigenvalue weighted by Crippen LogP contribution is 2.23. The fraction of sp³-hybridized carbons (Fsp3) is 0.333. The first kappa shape index (κ1) is 15.0. The molecule has 0 radical (unpaired) electrons. The molecule has 0 aliphatic rings. The van der Waals surface area contributed by atoms with E-state index in [0.29, 0.717) is 12.0 Å². The third-order valence-corrected chi connectivity index (χ3v) is 4.46. The van der Waals surface area contributed by atoms with Gasteiger partial charge in [0, 0.05) is 21.9 Å². The van der Waals surface area contributed by atoms with Gasteiger partial charge in [-0.2, -0.15) is 0 Å². The first-order valence-electron chi connectivity index (χ1n) is 6.55. The molecule has 0 fully saturated rings. The first-order valence-corrected chi connectivity index (χ1v) is 7.87. The van der Waals surface area contributed by atoms with Gasteiger partial charge in [0.15, 0.2) is 0 Å². The van der Waals surface area contributed by atoms with Crippen LogP contribution in [0.2, 0.25) is 0 Å². The molecule has 0 bridgehead atoms. The lowest BCUT2D eigenvalue weighted by Gasteiger charge is -2.09. The van der Waals surface area contributed by atoms with Crippen LogP contribution < -0.4 is 0 Å². The molecule has 2 aromatic rings. The standard InChI is InChI=1S/C15H16ClNO2S/c16-13(6-3-7-14-8-4-10-20-14)11-12-5-1-2-9-15(12)17(18)19/h1-2,4-5,8-10,13H,3,6-7,11H2. The molecule has 0 saturated heterocycles. The number of aryl methyl sites for hydroxylation is 1. The molecule has 0 saturated carbocycles. The molecule has 1 aromatic heterocycles. The van der Waals surface area contributed by atoms with E-state index < -0.39 is 0 Å². The van der Waals surface area contributed by atoms with Crippen LogP contribution in [0.1, 0.15) is 23.3 Å². The molecule has 1 aromatic carbocycles. The molecular weight excluding hydrogens is 294 g/mol. The van der Waals surface area contributed by atoms with Gasteiger partial charge in [-0.1, -0.05) is 24.3 Å². The summed E-state index contributed by atoms with van der Waals surface area (Å²) in [4.78, 5) is 12.0. The lowest BCUT2D eigenvalue weighted by Crippen LogP contribution is -2.06. The highest BCUT2D eigenvalue weighted by atomic mass is 35.5. The number of rotatable bonds is 7. The number of alkyl halides is 1. The summed E-state index contributed by atoms with van der Waals surface area (Å²) in [5.74, 6) is 0. The van der Waals surface area contributed by atoms with Crippen molar-refractivity contribution in [1.82, 2.24) is 0 Å². The van der Waals surface area contributed by atoms with Crippen molar-refractivity contribution in [1.29, 1.82) is 0 Å². The third-order valence-electron chi connectivity index (χ3n) is 3.15. The number of para-hydroxylation sites is 1. The second-order valence-corrected chi connectivity index (χ2v) is 6.31. The lowest BCUT2D eigenvalue weighted by atomic mass is 10.0. The van der Waals surface area contributed by atoms with Crippen molar-refractivity contribution in [3.05, 3.63) is 62.3 Å². The molecular formula is C15H16ClNO2S. The van der Waals surface area contributed by atoms with Crippen LogP contribution in [-0.4, -0.2) is 10.3 Å². The summed E-state index contributed by atoms with van der Waals surface area (Å²) in [6.07, 6.45) is 3.45. The Kier molecular flexibility index (Phi) is 5.56. The maximum Gasteiger partial charge on any atom is 0.272 e. The number of hydrogen-bond acceptors (Lipinski definition) is 3. The van der Waals surface area contributed by atoms with E-state index in [0.717, 1.165) is 19.3 Å². The minimum Gasteiger partial charge on any atom is -0.258 e. The second-order valence-electron chi connectivity index (χ2n) is 4.66. The minimum atomic E-state index is -0.343. The normalized spacial score (nSPS) is 12.2. The number of halogens is 1. The van der Waals surface area contributed by atoms with E-state index in [1.54, 1.807) is 23.5 Å². The fourth-order valence-corrected chi connectivity index (χ4v) is 3.23. The van der Waals surface area contributed by atoms with Gasteiger partial charge in [0.25, 0.3) is 5.69 Å². The van der Waals surface area contributed by atoms with Gasteiger partial charge in [-0.25, -0.2) is 0 Å². The summed E-state index contributed by atoms with van der Waals surface area (Å²) in [6.45, 7) is 0. The van der Waals surface area contributed by atoms with Crippen molar-refractivity contribution < 1.29 is 4.92 Å². The van der Waals surface area contributed by atoms with Crippen LogP contribution in [0.5, 0.6) is 0 Å². The summed E-state index contributed by atoms with van der Waals surface area (Å²) in [5.41, 5.74) is 0.880. The monoisotopic (exact) mass is 309 g/mol. The zero-order valence-electron chi connectivity index (χ0n) is 11.0. The first-order chi connectivity index (χ1) is 9.66. The van der Waals surface area contributed by atoms with Crippen LogP contribution in [0.4, 0.5) is 5.69 Å². The van der Waals surface area contributed by atoms with E-state index in [4.69, 9.17) is 11.6 Å². The van der Waals surface area contributed by atoms with Crippen LogP contribution in [0, 0.1) is 10.1 Å². The minimum absolute atomic E-state index is 0.0592.